The summed E-state index contributed by atoms with van der Waals surface area (Å²) in [5.41, 5.74) is 1.25. The first-order valence-corrected chi connectivity index (χ1v) is 9.90. The van der Waals surface area contributed by atoms with Crippen LogP contribution in [0, 0.1) is 11.8 Å². The number of thiophene rings is 1. The Morgan fingerprint density at radius 1 is 1.25 bits per heavy atom. The highest BCUT2D eigenvalue weighted by atomic mass is 32.1. The lowest BCUT2D eigenvalue weighted by Crippen LogP contribution is -2.47. The predicted molar refractivity (Wildman–Crippen MR) is 97.2 cm³/mol. The van der Waals surface area contributed by atoms with E-state index in [4.69, 9.17) is 0 Å². The Morgan fingerprint density at radius 2 is 2.00 bits per heavy atom. The van der Waals surface area contributed by atoms with Gasteiger partial charge in [-0.2, -0.15) is 11.3 Å². The van der Waals surface area contributed by atoms with Crippen LogP contribution in [0.25, 0.3) is 0 Å². The molecule has 0 unspecified atom stereocenters. The summed E-state index contributed by atoms with van der Waals surface area (Å²) in [5.74, 6) is 0.874. The summed E-state index contributed by atoms with van der Waals surface area (Å²) in [6.45, 7) is 7.13. The molecule has 3 heterocycles. The van der Waals surface area contributed by atoms with Crippen LogP contribution < -0.4 is 0 Å². The van der Waals surface area contributed by atoms with E-state index >= 15 is 0 Å². The summed E-state index contributed by atoms with van der Waals surface area (Å²) < 4.78 is 0. The van der Waals surface area contributed by atoms with Crippen molar-refractivity contribution in [1.29, 1.82) is 0 Å². The summed E-state index contributed by atoms with van der Waals surface area (Å²) in [6.07, 6.45) is 1.40. The number of carbonyl (C=O) groups is 1. The highest BCUT2D eigenvalue weighted by Crippen LogP contribution is 2.25. The molecule has 1 amide bonds. The smallest absolute Gasteiger partial charge is 0.222 e. The van der Waals surface area contributed by atoms with Crippen LogP contribution in [0.3, 0.4) is 0 Å². The quantitative estimate of drug-likeness (QED) is 0.830. The minimum absolute atomic E-state index is 0.187. The maximum atomic E-state index is 12.5. The van der Waals surface area contributed by atoms with Gasteiger partial charge in [-0.25, -0.2) is 0 Å². The summed E-state index contributed by atoms with van der Waals surface area (Å²) in [6, 6.07) is 2.09. The Labute approximate surface area is 148 Å². The zero-order chi connectivity index (χ0) is 16.9. The number of aliphatic hydroxyl groups is 1. The van der Waals surface area contributed by atoms with E-state index < -0.39 is 0 Å². The van der Waals surface area contributed by atoms with Gasteiger partial charge in [0.1, 0.15) is 0 Å². The summed E-state index contributed by atoms with van der Waals surface area (Å²) in [4.78, 5) is 19.3. The van der Waals surface area contributed by atoms with Gasteiger partial charge in [0, 0.05) is 64.8 Å². The van der Waals surface area contributed by atoms with Gasteiger partial charge in [-0.3, -0.25) is 4.79 Å². The lowest BCUT2D eigenvalue weighted by molar-refractivity contribution is -0.130. The van der Waals surface area contributed by atoms with Crippen molar-refractivity contribution in [3.8, 4) is 0 Å². The van der Waals surface area contributed by atoms with Gasteiger partial charge in [0.25, 0.3) is 0 Å². The number of likely N-dealkylation sites (tertiary alicyclic amines) is 1. The molecule has 0 aromatic carbocycles. The minimum atomic E-state index is 0.187. The number of carbonyl (C=O) groups excluding carboxylic acids is 1. The second-order valence-corrected chi connectivity index (χ2v) is 8.02. The van der Waals surface area contributed by atoms with E-state index in [0.717, 1.165) is 52.2 Å². The number of hydrogen-bond donors (Lipinski definition) is 1. The number of amides is 1. The predicted octanol–water partition coefficient (Wildman–Crippen LogP) is 0.995. The molecule has 3 rings (SSSR count). The number of piperazine rings is 1. The Bertz CT molecular complexity index is 514. The maximum Gasteiger partial charge on any atom is 0.222 e. The van der Waals surface area contributed by atoms with Crippen molar-refractivity contribution in [2.45, 2.75) is 12.8 Å². The van der Waals surface area contributed by atoms with Gasteiger partial charge in [-0.15, -0.1) is 0 Å². The molecule has 1 aromatic rings. The van der Waals surface area contributed by atoms with Crippen LogP contribution in [0.15, 0.2) is 16.8 Å². The number of nitrogens with zero attached hydrogens (tertiary/aromatic N) is 3. The average molecular weight is 352 g/mol. The van der Waals surface area contributed by atoms with Gasteiger partial charge in [0.2, 0.25) is 5.91 Å². The molecule has 0 spiro atoms. The molecule has 1 aromatic heterocycles. The van der Waals surface area contributed by atoms with Crippen molar-refractivity contribution in [2.75, 3.05) is 59.5 Å². The van der Waals surface area contributed by atoms with Crippen molar-refractivity contribution in [1.82, 2.24) is 14.7 Å². The highest BCUT2D eigenvalue weighted by molar-refractivity contribution is 7.07. The zero-order valence-corrected chi connectivity index (χ0v) is 15.4. The van der Waals surface area contributed by atoms with Gasteiger partial charge in [0.05, 0.1) is 0 Å². The van der Waals surface area contributed by atoms with Gasteiger partial charge in [-0.05, 0) is 41.8 Å². The monoisotopic (exact) mass is 351 g/mol. The zero-order valence-electron chi connectivity index (χ0n) is 14.6. The molecule has 5 nitrogen and oxygen atoms in total. The second-order valence-electron chi connectivity index (χ2n) is 7.24. The van der Waals surface area contributed by atoms with Crippen molar-refractivity contribution < 1.29 is 9.90 Å². The minimum Gasteiger partial charge on any atom is -0.396 e. The summed E-state index contributed by atoms with van der Waals surface area (Å²) in [7, 11) is 2.16. The molecule has 0 saturated carbocycles. The lowest BCUT2D eigenvalue weighted by Gasteiger charge is -2.34. The summed E-state index contributed by atoms with van der Waals surface area (Å²) in [5, 5.41) is 13.9. The molecule has 2 fully saturated rings. The molecule has 2 aliphatic heterocycles. The third-order valence-corrected chi connectivity index (χ3v) is 6.19. The third kappa shape index (κ3) is 4.57. The van der Waals surface area contributed by atoms with E-state index in [1.807, 2.05) is 4.90 Å². The van der Waals surface area contributed by atoms with E-state index in [1.54, 1.807) is 11.3 Å². The van der Waals surface area contributed by atoms with Gasteiger partial charge in [0.15, 0.2) is 0 Å². The Hall–Kier alpha value is -0.950. The Kier molecular flexibility index (Phi) is 6.27. The highest BCUT2D eigenvalue weighted by Gasteiger charge is 2.35. The third-order valence-electron chi connectivity index (χ3n) is 5.46. The van der Waals surface area contributed by atoms with Crippen LogP contribution in [-0.4, -0.2) is 85.2 Å². The summed E-state index contributed by atoms with van der Waals surface area (Å²) >= 11 is 1.68. The fourth-order valence-electron chi connectivity index (χ4n) is 3.76. The number of likely N-dealkylation sites (N-methyl/N-ethyl adjacent to an activating group) is 1. The number of rotatable bonds is 6. The first-order valence-electron chi connectivity index (χ1n) is 8.96. The standard InChI is InChI=1S/C18H29N3O2S/c1-19-5-7-20(8-6-19)10-16-11-21(12-17(16)13-22)18(23)3-2-15-4-9-24-14-15/h4,9,14,16-17,22H,2-3,5-8,10-13H2,1H3/t16-,17-/m1/s1. The SMILES string of the molecule is CN1CCN(C[C@@H]2CN(C(=O)CCc3ccsc3)C[C@@H]2CO)CC1. The fourth-order valence-corrected chi connectivity index (χ4v) is 4.47. The number of aryl methyl sites for hydroxylation is 1. The molecule has 1 N–H and O–H groups in total. The van der Waals surface area contributed by atoms with E-state index in [-0.39, 0.29) is 18.4 Å². The molecular formula is C18H29N3O2S. The van der Waals surface area contributed by atoms with Gasteiger partial charge >= 0.3 is 0 Å². The van der Waals surface area contributed by atoms with Crippen molar-refractivity contribution >= 4 is 17.2 Å². The average Bonchev–Trinajstić information content (AvgIpc) is 3.24. The van der Waals surface area contributed by atoms with Crippen molar-refractivity contribution in [3.63, 3.8) is 0 Å². The van der Waals surface area contributed by atoms with Gasteiger partial charge in [-0.1, -0.05) is 0 Å². The Balaban J connectivity index is 1.48. The van der Waals surface area contributed by atoms with E-state index in [0.29, 0.717) is 12.3 Å². The molecule has 2 saturated heterocycles. The normalized spacial score (nSPS) is 26.2. The molecule has 0 bridgehead atoms. The molecule has 6 heteroatoms. The van der Waals surface area contributed by atoms with Crippen LogP contribution in [0.2, 0.25) is 0 Å². The molecule has 134 valence electrons. The molecule has 0 aliphatic carbocycles. The molecule has 2 aliphatic rings. The molecule has 24 heavy (non-hydrogen) atoms. The lowest BCUT2D eigenvalue weighted by atomic mass is 9.96. The largest absolute Gasteiger partial charge is 0.396 e. The number of hydrogen-bond acceptors (Lipinski definition) is 5. The van der Waals surface area contributed by atoms with Crippen LogP contribution in [-0.2, 0) is 11.2 Å². The topological polar surface area (TPSA) is 47.0 Å². The molecule has 2 atom stereocenters. The van der Waals surface area contributed by atoms with E-state index in [2.05, 4.69) is 33.7 Å². The van der Waals surface area contributed by atoms with E-state index in [9.17, 15) is 9.90 Å². The second kappa shape index (κ2) is 8.43. The molecular weight excluding hydrogens is 322 g/mol. The van der Waals surface area contributed by atoms with Crippen LogP contribution in [0.4, 0.5) is 0 Å². The van der Waals surface area contributed by atoms with Crippen LogP contribution in [0.1, 0.15) is 12.0 Å². The first kappa shape index (κ1) is 17.9. The van der Waals surface area contributed by atoms with Crippen molar-refractivity contribution in [2.24, 2.45) is 11.8 Å². The van der Waals surface area contributed by atoms with Crippen molar-refractivity contribution in [3.05, 3.63) is 22.4 Å². The maximum absolute atomic E-state index is 12.5. The van der Waals surface area contributed by atoms with E-state index in [1.165, 1.54) is 5.56 Å². The van der Waals surface area contributed by atoms with Crippen LogP contribution in [0.5, 0.6) is 0 Å². The van der Waals surface area contributed by atoms with Gasteiger partial charge < -0.3 is 19.8 Å². The molecule has 0 radical (unpaired) electrons. The van der Waals surface area contributed by atoms with Crippen LogP contribution >= 0.6 is 11.3 Å². The fraction of sp³-hybridized carbons (Fsp3) is 0.722. The number of aliphatic hydroxyl groups excluding tert-OH is 1. The Morgan fingerprint density at radius 3 is 2.67 bits per heavy atom. The first-order chi connectivity index (χ1) is 11.7.